The molecule has 1 heterocycles. The molecule has 0 aliphatic heterocycles. The number of nitrogens with one attached hydrogen (secondary N) is 2. The molecule has 6 nitrogen and oxygen atoms in total. The first kappa shape index (κ1) is 21.4. The summed E-state index contributed by atoms with van der Waals surface area (Å²) in [7, 11) is 3.17. The van der Waals surface area contributed by atoms with E-state index in [4.69, 9.17) is 9.47 Å². The molecule has 0 bridgehead atoms. The van der Waals surface area contributed by atoms with E-state index in [1.165, 1.54) is 16.9 Å². The van der Waals surface area contributed by atoms with Crippen LogP contribution in [0.5, 0.6) is 11.5 Å². The first-order valence-electron chi connectivity index (χ1n) is 10.0. The van der Waals surface area contributed by atoms with Gasteiger partial charge in [-0.3, -0.25) is 5.32 Å². The fraction of sp³-hybridized carbons (Fsp3) is 0.120. The molecule has 7 heteroatoms. The average molecular weight is 446 g/mol. The van der Waals surface area contributed by atoms with Crippen molar-refractivity contribution < 1.29 is 14.3 Å². The van der Waals surface area contributed by atoms with E-state index in [9.17, 15) is 4.79 Å². The number of urea groups is 1. The van der Waals surface area contributed by atoms with Crippen molar-refractivity contribution in [2.45, 2.75) is 6.54 Å². The summed E-state index contributed by atoms with van der Waals surface area (Å²) in [6, 6.07) is 23.7. The number of aromatic nitrogens is 1. The van der Waals surface area contributed by atoms with E-state index in [2.05, 4.69) is 39.9 Å². The van der Waals surface area contributed by atoms with Gasteiger partial charge in [0.1, 0.15) is 0 Å². The van der Waals surface area contributed by atoms with Crippen LogP contribution in [-0.2, 0) is 6.54 Å². The predicted octanol–water partition coefficient (Wildman–Crippen LogP) is 5.82. The second-order valence-electron chi connectivity index (χ2n) is 6.98. The van der Waals surface area contributed by atoms with Crippen LogP contribution in [0.3, 0.4) is 0 Å². The van der Waals surface area contributed by atoms with Crippen LogP contribution in [-0.4, -0.2) is 25.2 Å². The Bertz CT molecular complexity index is 1190. The summed E-state index contributed by atoms with van der Waals surface area (Å²) in [4.78, 5) is 16.8. The maximum Gasteiger partial charge on any atom is 0.321 e. The SMILES string of the molecule is COc1ccc(CNC(=O)Nc2nc(-c3ccc(-c4ccccc4)cc3)cs2)cc1OC. The molecule has 32 heavy (non-hydrogen) atoms. The Kier molecular flexibility index (Phi) is 6.67. The zero-order valence-corrected chi connectivity index (χ0v) is 18.6. The highest BCUT2D eigenvalue weighted by Gasteiger charge is 2.10. The first-order valence-corrected chi connectivity index (χ1v) is 10.9. The van der Waals surface area contributed by atoms with E-state index in [1.54, 1.807) is 14.2 Å². The van der Waals surface area contributed by atoms with Crippen molar-refractivity contribution in [3.63, 3.8) is 0 Å². The van der Waals surface area contributed by atoms with Gasteiger partial charge in [-0.25, -0.2) is 9.78 Å². The molecule has 162 valence electrons. The Labute approximate surface area is 190 Å². The van der Waals surface area contributed by atoms with Crippen molar-refractivity contribution in [1.82, 2.24) is 10.3 Å². The molecule has 2 N–H and O–H groups in total. The molecule has 0 saturated heterocycles. The molecule has 3 aromatic carbocycles. The minimum Gasteiger partial charge on any atom is -0.493 e. The Morgan fingerprint density at radius 1 is 0.875 bits per heavy atom. The summed E-state index contributed by atoms with van der Waals surface area (Å²) < 4.78 is 10.5. The number of thiazole rings is 1. The highest BCUT2D eigenvalue weighted by Crippen LogP contribution is 2.28. The van der Waals surface area contributed by atoms with Crippen LogP contribution in [0, 0.1) is 0 Å². The maximum absolute atomic E-state index is 12.3. The number of nitrogens with zero attached hydrogens (tertiary/aromatic N) is 1. The van der Waals surface area contributed by atoms with Crippen molar-refractivity contribution in [2.75, 3.05) is 19.5 Å². The van der Waals surface area contributed by atoms with Gasteiger partial charge >= 0.3 is 6.03 Å². The van der Waals surface area contributed by atoms with Gasteiger partial charge in [-0.05, 0) is 28.8 Å². The molecule has 4 aromatic rings. The maximum atomic E-state index is 12.3. The lowest BCUT2D eigenvalue weighted by atomic mass is 10.0. The molecule has 0 saturated carbocycles. The van der Waals surface area contributed by atoms with Crippen LogP contribution in [0.4, 0.5) is 9.93 Å². The van der Waals surface area contributed by atoms with Crippen molar-refractivity contribution in [2.24, 2.45) is 0 Å². The highest BCUT2D eigenvalue weighted by molar-refractivity contribution is 7.14. The third-order valence-electron chi connectivity index (χ3n) is 4.91. The number of hydrogen-bond acceptors (Lipinski definition) is 5. The van der Waals surface area contributed by atoms with Crippen LogP contribution in [0.1, 0.15) is 5.56 Å². The number of carbonyl (C=O) groups excluding carboxylic acids is 1. The number of amides is 2. The Morgan fingerprint density at radius 3 is 2.28 bits per heavy atom. The zero-order chi connectivity index (χ0) is 22.3. The lowest BCUT2D eigenvalue weighted by Gasteiger charge is -2.10. The van der Waals surface area contributed by atoms with E-state index < -0.39 is 0 Å². The van der Waals surface area contributed by atoms with Crippen LogP contribution in [0.15, 0.2) is 78.2 Å². The van der Waals surface area contributed by atoms with Gasteiger partial charge in [0.05, 0.1) is 19.9 Å². The van der Waals surface area contributed by atoms with Crippen molar-refractivity contribution >= 4 is 22.5 Å². The van der Waals surface area contributed by atoms with E-state index in [0.717, 1.165) is 22.4 Å². The second kappa shape index (κ2) is 9.98. The van der Waals surface area contributed by atoms with E-state index in [0.29, 0.717) is 23.2 Å². The van der Waals surface area contributed by atoms with Gasteiger partial charge in [-0.15, -0.1) is 11.3 Å². The molecule has 0 spiro atoms. The number of rotatable bonds is 7. The summed E-state index contributed by atoms with van der Waals surface area (Å²) in [6.45, 7) is 0.353. The van der Waals surface area contributed by atoms with Crippen LogP contribution >= 0.6 is 11.3 Å². The minimum absolute atomic E-state index is 0.319. The fourth-order valence-electron chi connectivity index (χ4n) is 3.24. The third kappa shape index (κ3) is 5.07. The van der Waals surface area contributed by atoms with Gasteiger partial charge in [0.15, 0.2) is 16.6 Å². The second-order valence-corrected chi connectivity index (χ2v) is 7.84. The van der Waals surface area contributed by atoms with Gasteiger partial charge in [0.25, 0.3) is 0 Å². The summed E-state index contributed by atoms with van der Waals surface area (Å²) in [5, 5.41) is 8.09. The molecule has 0 atom stereocenters. The Morgan fingerprint density at radius 2 is 1.56 bits per heavy atom. The zero-order valence-electron chi connectivity index (χ0n) is 17.8. The number of carbonyl (C=O) groups is 1. The van der Waals surface area contributed by atoms with E-state index in [1.807, 2.05) is 53.9 Å². The largest absolute Gasteiger partial charge is 0.493 e. The quantitative estimate of drug-likeness (QED) is 0.376. The molecule has 0 radical (unpaired) electrons. The summed E-state index contributed by atoms with van der Waals surface area (Å²) >= 11 is 1.39. The molecular formula is C25H23N3O3S. The van der Waals surface area contributed by atoms with Crippen LogP contribution < -0.4 is 20.1 Å². The number of benzene rings is 3. The standard InChI is InChI=1S/C25H23N3O3S/c1-30-22-13-8-17(14-23(22)31-2)15-26-24(29)28-25-27-21(16-32-25)20-11-9-19(10-12-20)18-6-4-3-5-7-18/h3-14,16H,15H2,1-2H3,(H2,26,27,28,29). The smallest absolute Gasteiger partial charge is 0.321 e. The number of hydrogen-bond donors (Lipinski definition) is 2. The Balaban J connectivity index is 1.35. The first-order chi connectivity index (χ1) is 15.7. The molecule has 2 amide bonds. The molecule has 0 aliphatic carbocycles. The van der Waals surface area contributed by atoms with E-state index in [-0.39, 0.29) is 6.03 Å². The number of anilines is 1. The van der Waals surface area contributed by atoms with Crippen molar-refractivity contribution in [3.8, 4) is 33.9 Å². The van der Waals surface area contributed by atoms with Gasteiger partial charge < -0.3 is 14.8 Å². The topological polar surface area (TPSA) is 72.5 Å². The van der Waals surface area contributed by atoms with Crippen molar-refractivity contribution in [3.05, 3.63) is 83.7 Å². The summed E-state index contributed by atoms with van der Waals surface area (Å²) in [5.41, 5.74) is 5.05. The van der Waals surface area contributed by atoms with E-state index >= 15 is 0 Å². The lowest BCUT2D eigenvalue weighted by molar-refractivity contribution is 0.251. The predicted molar refractivity (Wildman–Crippen MR) is 128 cm³/mol. The monoisotopic (exact) mass is 445 g/mol. The summed E-state index contributed by atoms with van der Waals surface area (Å²) in [6.07, 6.45) is 0. The number of ether oxygens (including phenoxy) is 2. The Hall–Kier alpha value is -3.84. The van der Waals surface area contributed by atoms with Gasteiger partial charge in [0, 0.05) is 17.5 Å². The average Bonchev–Trinajstić information content (AvgIpc) is 3.31. The van der Waals surface area contributed by atoms with Crippen LogP contribution in [0.25, 0.3) is 22.4 Å². The molecule has 0 aliphatic rings. The molecule has 4 rings (SSSR count). The van der Waals surface area contributed by atoms with Crippen molar-refractivity contribution in [1.29, 1.82) is 0 Å². The fourth-order valence-corrected chi connectivity index (χ4v) is 3.96. The minimum atomic E-state index is -0.319. The molecule has 1 aromatic heterocycles. The van der Waals surface area contributed by atoms with Gasteiger partial charge in [-0.1, -0.05) is 60.7 Å². The normalized spacial score (nSPS) is 10.4. The van der Waals surface area contributed by atoms with Gasteiger partial charge in [0.2, 0.25) is 0 Å². The lowest BCUT2D eigenvalue weighted by Crippen LogP contribution is -2.28. The third-order valence-corrected chi connectivity index (χ3v) is 5.67. The molecule has 0 unspecified atom stereocenters. The number of methoxy groups -OCH3 is 2. The van der Waals surface area contributed by atoms with Gasteiger partial charge in [-0.2, -0.15) is 0 Å². The molecular weight excluding hydrogens is 422 g/mol. The highest BCUT2D eigenvalue weighted by atomic mass is 32.1. The molecule has 0 fully saturated rings. The van der Waals surface area contributed by atoms with Crippen LogP contribution in [0.2, 0.25) is 0 Å². The summed E-state index contributed by atoms with van der Waals surface area (Å²) in [5.74, 6) is 1.27.